The Morgan fingerprint density at radius 2 is 2.09 bits per heavy atom. The number of anilines is 1. The van der Waals surface area contributed by atoms with Crippen molar-refractivity contribution in [1.29, 1.82) is 0 Å². The van der Waals surface area contributed by atoms with Crippen LogP contribution in [0.15, 0.2) is 18.2 Å². The van der Waals surface area contributed by atoms with E-state index in [4.69, 9.17) is 35.4 Å². The lowest BCUT2D eigenvalue weighted by molar-refractivity contribution is -0.110. The molecule has 1 fully saturated rings. The Morgan fingerprint density at radius 3 is 2.59 bits per heavy atom. The molecule has 0 spiro atoms. The molecule has 2 N–H and O–H groups in total. The van der Waals surface area contributed by atoms with Gasteiger partial charge in [-0.15, -0.1) is 0 Å². The van der Waals surface area contributed by atoms with Crippen molar-refractivity contribution in [2.24, 2.45) is 0 Å². The van der Waals surface area contributed by atoms with Gasteiger partial charge in [0.1, 0.15) is 10.5 Å². The number of carbonyl (C=O) groups excluding carboxylic acids is 1. The summed E-state index contributed by atoms with van der Waals surface area (Å²) in [5.74, 6) is 0. The van der Waals surface area contributed by atoms with E-state index in [0.717, 1.165) is 0 Å². The number of rotatable bonds is 2. The third-order valence-electron chi connectivity index (χ3n) is 3.24. The zero-order chi connectivity index (χ0) is 16.7. The molecular formula is C13H15Cl2N3O2S2. The number of carbonyl (C=O) groups is 1. The van der Waals surface area contributed by atoms with Crippen molar-refractivity contribution < 1.29 is 10.0 Å². The van der Waals surface area contributed by atoms with Crippen molar-refractivity contribution in [1.82, 2.24) is 9.96 Å². The maximum absolute atomic E-state index is 12.2. The number of thiocarbonyl (C=S) groups is 1. The number of hydroxylamine groups is 2. The first kappa shape index (κ1) is 17.6. The smallest absolute Gasteiger partial charge is 0.337 e. The topological polar surface area (TPSA) is 55.8 Å². The van der Waals surface area contributed by atoms with Gasteiger partial charge in [0.2, 0.25) is 0 Å². The molecule has 1 aromatic rings. The normalized spacial score (nSPS) is 20.2. The van der Waals surface area contributed by atoms with Gasteiger partial charge >= 0.3 is 6.03 Å². The Bertz CT molecular complexity index is 627. The molecule has 0 aromatic heterocycles. The zero-order valence-corrected chi connectivity index (χ0v) is 15.3. The van der Waals surface area contributed by atoms with Crippen molar-refractivity contribution >= 4 is 63.2 Å². The third kappa shape index (κ3) is 3.44. The van der Waals surface area contributed by atoms with Gasteiger partial charge in [0.25, 0.3) is 0 Å². The SMILES string of the molecule is CN1C(=S)SC(C)(C)C1N(O)C(=O)Nc1ccc(Cl)c(Cl)c1. The van der Waals surface area contributed by atoms with Crippen molar-refractivity contribution in [2.75, 3.05) is 12.4 Å². The molecule has 1 saturated heterocycles. The maximum Gasteiger partial charge on any atom is 0.347 e. The van der Waals surface area contributed by atoms with Crippen LogP contribution in [0.4, 0.5) is 10.5 Å². The Labute approximate surface area is 148 Å². The van der Waals surface area contributed by atoms with Crippen LogP contribution in [0.3, 0.4) is 0 Å². The van der Waals surface area contributed by atoms with E-state index >= 15 is 0 Å². The Kier molecular flexibility index (Phi) is 5.13. The predicted octanol–water partition coefficient (Wildman–Crippen LogP) is 4.28. The lowest BCUT2D eigenvalue weighted by Crippen LogP contribution is -2.54. The predicted molar refractivity (Wildman–Crippen MR) is 94.9 cm³/mol. The van der Waals surface area contributed by atoms with E-state index in [0.29, 0.717) is 25.1 Å². The van der Waals surface area contributed by atoms with Gasteiger partial charge in [0, 0.05) is 12.7 Å². The molecular weight excluding hydrogens is 365 g/mol. The highest BCUT2D eigenvalue weighted by molar-refractivity contribution is 8.24. The molecule has 2 rings (SSSR count). The van der Waals surface area contributed by atoms with Crippen LogP contribution >= 0.6 is 47.2 Å². The van der Waals surface area contributed by atoms with E-state index in [-0.39, 0.29) is 0 Å². The van der Waals surface area contributed by atoms with E-state index < -0.39 is 16.9 Å². The fourth-order valence-electron chi connectivity index (χ4n) is 2.24. The van der Waals surface area contributed by atoms with Gasteiger partial charge in [-0.1, -0.05) is 47.2 Å². The second-order valence-electron chi connectivity index (χ2n) is 5.36. The maximum atomic E-state index is 12.2. The Hall–Kier alpha value is -0.730. The first-order valence-corrected chi connectivity index (χ1v) is 8.31. The summed E-state index contributed by atoms with van der Waals surface area (Å²) in [5.41, 5.74) is 0.437. The average molecular weight is 380 g/mol. The van der Waals surface area contributed by atoms with E-state index in [1.165, 1.54) is 17.8 Å². The molecule has 1 aromatic carbocycles. The van der Waals surface area contributed by atoms with Gasteiger partial charge in [-0.05, 0) is 32.0 Å². The fraction of sp³-hybridized carbons (Fsp3) is 0.385. The summed E-state index contributed by atoms with van der Waals surface area (Å²) in [6.07, 6.45) is -0.576. The van der Waals surface area contributed by atoms with E-state index in [2.05, 4.69) is 5.32 Å². The van der Waals surface area contributed by atoms with Gasteiger partial charge in [-0.2, -0.15) is 5.06 Å². The lowest BCUT2D eigenvalue weighted by atomic mass is 10.1. The number of hydrogen-bond acceptors (Lipinski definition) is 4. The molecule has 0 aliphatic carbocycles. The van der Waals surface area contributed by atoms with Crippen LogP contribution in [0.25, 0.3) is 0 Å². The average Bonchev–Trinajstić information content (AvgIpc) is 2.61. The highest BCUT2D eigenvalue weighted by Crippen LogP contribution is 2.41. The highest BCUT2D eigenvalue weighted by atomic mass is 35.5. The first-order chi connectivity index (χ1) is 10.1. The molecule has 1 aliphatic rings. The number of hydrogen-bond donors (Lipinski definition) is 2. The van der Waals surface area contributed by atoms with Crippen molar-refractivity contribution in [3.63, 3.8) is 0 Å². The van der Waals surface area contributed by atoms with Crippen LogP contribution < -0.4 is 5.32 Å². The van der Waals surface area contributed by atoms with Gasteiger partial charge < -0.3 is 10.2 Å². The second-order valence-corrected chi connectivity index (χ2v) is 8.46. The lowest BCUT2D eigenvalue weighted by Gasteiger charge is -2.35. The summed E-state index contributed by atoms with van der Waals surface area (Å²) in [7, 11) is 1.74. The van der Waals surface area contributed by atoms with Crippen LogP contribution in [0.2, 0.25) is 10.0 Å². The quantitative estimate of drug-likeness (QED) is 0.456. The minimum atomic E-state index is -0.673. The molecule has 2 amide bonds. The number of amides is 2. The summed E-state index contributed by atoms with van der Waals surface area (Å²) in [6.45, 7) is 3.82. The van der Waals surface area contributed by atoms with Gasteiger partial charge in [-0.25, -0.2) is 4.79 Å². The molecule has 120 valence electrons. The molecule has 22 heavy (non-hydrogen) atoms. The third-order valence-corrected chi connectivity index (χ3v) is 5.71. The summed E-state index contributed by atoms with van der Waals surface area (Å²) in [6, 6.07) is 4.01. The number of nitrogens with zero attached hydrogens (tertiary/aromatic N) is 2. The molecule has 1 aliphatic heterocycles. The summed E-state index contributed by atoms with van der Waals surface area (Å²) < 4.78 is 0.187. The minimum absolute atomic E-state index is 0.319. The largest absolute Gasteiger partial charge is 0.347 e. The van der Waals surface area contributed by atoms with Crippen LogP contribution in [0, 0.1) is 0 Å². The Morgan fingerprint density at radius 1 is 1.45 bits per heavy atom. The van der Waals surface area contributed by atoms with E-state index in [9.17, 15) is 10.0 Å². The van der Waals surface area contributed by atoms with Crippen LogP contribution in [0.1, 0.15) is 13.8 Å². The summed E-state index contributed by atoms with van der Waals surface area (Å²) in [5, 5.41) is 14.2. The van der Waals surface area contributed by atoms with Crippen LogP contribution in [0.5, 0.6) is 0 Å². The second kappa shape index (κ2) is 6.41. The number of benzene rings is 1. The number of urea groups is 1. The van der Waals surface area contributed by atoms with Crippen molar-refractivity contribution in [2.45, 2.75) is 24.8 Å². The van der Waals surface area contributed by atoms with Crippen LogP contribution in [-0.2, 0) is 0 Å². The van der Waals surface area contributed by atoms with Gasteiger partial charge in [-0.3, -0.25) is 5.21 Å². The summed E-state index contributed by atoms with van der Waals surface area (Å²) >= 11 is 18.4. The summed E-state index contributed by atoms with van der Waals surface area (Å²) in [4.78, 5) is 13.9. The molecule has 1 atom stereocenters. The standard InChI is InChI=1S/C13H15Cl2N3O2S2/c1-13(2)10(17(3)12(21)22-13)18(20)11(19)16-7-4-5-8(14)9(15)6-7/h4-6,10,20H,1-3H3,(H,16,19). The molecule has 1 unspecified atom stereocenters. The minimum Gasteiger partial charge on any atom is -0.337 e. The molecule has 0 saturated carbocycles. The van der Waals surface area contributed by atoms with Gasteiger partial charge in [0.15, 0.2) is 0 Å². The fourth-order valence-corrected chi connectivity index (χ4v) is 4.34. The molecule has 5 nitrogen and oxygen atoms in total. The molecule has 0 radical (unpaired) electrons. The molecule has 1 heterocycles. The van der Waals surface area contributed by atoms with Crippen LogP contribution in [-0.4, -0.2) is 43.5 Å². The van der Waals surface area contributed by atoms with Gasteiger partial charge in [0.05, 0.1) is 14.8 Å². The molecule has 9 heteroatoms. The van der Waals surface area contributed by atoms with Crippen molar-refractivity contribution in [3.8, 4) is 0 Å². The highest BCUT2D eigenvalue weighted by Gasteiger charge is 2.47. The zero-order valence-electron chi connectivity index (χ0n) is 12.1. The van der Waals surface area contributed by atoms with Crippen molar-refractivity contribution in [3.05, 3.63) is 28.2 Å². The van der Waals surface area contributed by atoms with E-state index in [1.807, 2.05) is 13.8 Å². The monoisotopic (exact) mass is 379 g/mol. The Balaban J connectivity index is 2.15. The molecule has 0 bridgehead atoms. The number of nitrogens with one attached hydrogen (secondary N) is 1. The first-order valence-electron chi connectivity index (χ1n) is 6.33. The number of halogens is 2. The number of thioether (sulfide) groups is 1. The van der Waals surface area contributed by atoms with E-state index in [1.54, 1.807) is 24.1 Å².